The van der Waals surface area contributed by atoms with Crippen LogP contribution in [0.2, 0.25) is 0 Å². The maximum atomic E-state index is 13.6. The van der Waals surface area contributed by atoms with E-state index in [1.807, 2.05) is 0 Å². The van der Waals surface area contributed by atoms with Crippen molar-refractivity contribution in [2.75, 3.05) is 5.32 Å². The summed E-state index contributed by atoms with van der Waals surface area (Å²) >= 11 is 2.87. The normalized spacial score (nSPS) is 12.2. The van der Waals surface area contributed by atoms with E-state index in [1.54, 1.807) is 19.2 Å². The first kappa shape index (κ1) is 13.7. The van der Waals surface area contributed by atoms with Gasteiger partial charge in [0.2, 0.25) is 5.91 Å². The van der Waals surface area contributed by atoms with Crippen LogP contribution in [0, 0.1) is 11.6 Å². The molecule has 1 aromatic heterocycles. The smallest absolute Gasteiger partial charge is 0.249 e. The molecular weight excluding hydrogens is 320 g/mol. The number of benzene rings is 1. The highest BCUT2D eigenvalue weighted by atomic mass is 79.9. The van der Waals surface area contributed by atoms with Crippen LogP contribution in [0.15, 0.2) is 35.1 Å². The highest BCUT2D eigenvalue weighted by molar-refractivity contribution is 9.10. The minimum Gasteiger partial charge on any atom is -0.322 e. The van der Waals surface area contributed by atoms with Gasteiger partial charge in [0.1, 0.15) is 17.7 Å². The van der Waals surface area contributed by atoms with Crippen molar-refractivity contribution in [1.29, 1.82) is 0 Å². The second-order valence-electron chi connectivity index (χ2n) is 3.90. The van der Waals surface area contributed by atoms with Gasteiger partial charge in [0.05, 0.1) is 10.2 Å². The Morgan fingerprint density at radius 1 is 1.42 bits per heavy atom. The first-order valence-corrected chi connectivity index (χ1v) is 6.23. The minimum atomic E-state index is -0.714. The average molecular weight is 330 g/mol. The summed E-state index contributed by atoms with van der Waals surface area (Å²) in [4.78, 5) is 11.9. The van der Waals surface area contributed by atoms with Crippen molar-refractivity contribution in [2.24, 2.45) is 0 Å². The van der Waals surface area contributed by atoms with Crippen LogP contribution in [-0.2, 0) is 4.79 Å². The number of rotatable bonds is 3. The maximum absolute atomic E-state index is 13.6. The molecule has 0 fully saturated rings. The fourth-order valence-electron chi connectivity index (χ4n) is 1.49. The number of nitrogens with one attached hydrogen (secondary N) is 1. The predicted molar refractivity (Wildman–Crippen MR) is 69.6 cm³/mol. The molecule has 1 aromatic carbocycles. The number of carbonyl (C=O) groups is 1. The van der Waals surface area contributed by atoms with Crippen molar-refractivity contribution in [3.63, 3.8) is 0 Å². The number of carbonyl (C=O) groups excluding carboxylic acids is 1. The third-order valence-electron chi connectivity index (χ3n) is 2.57. The van der Waals surface area contributed by atoms with Crippen LogP contribution in [-0.4, -0.2) is 15.7 Å². The molecule has 0 spiro atoms. The van der Waals surface area contributed by atoms with E-state index in [0.717, 1.165) is 12.1 Å². The van der Waals surface area contributed by atoms with Crippen LogP contribution < -0.4 is 5.32 Å². The Hall–Kier alpha value is -1.76. The summed E-state index contributed by atoms with van der Waals surface area (Å²) in [6.45, 7) is 1.61. The van der Waals surface area contributed by atoms with Crippen LogP contribution in [0.5, 0.6) is 0 Å². The molecule has 0 bridgehead atoms. The molecule has 0 aliphatic heterocycles. The zero-order valence-electron chi connectivity index (χ0n) is 9.90. The molecule has 7 heteroatoms. The second-order valence-corrected chi connectivity index (χ2v) is 4.75. The van der Waals surface area contributed by atoms with E-state index in [0.29, 0.717) is 0 Å². The molecule has 0 aliphatic rings. The summed E-state index contributed by atoms with van der Waals surface area (Å²) in [5.74, 6) is -1.85. The summed E-state index contributed by atoms with van der Waals surface area (Å²) < 4.78 is 28.3. The lowest BCUT2D eigenvalue weighted by Crippen LogP contribution is -2.24. The number of hydrogen-bond donors (Lipinski definition) is 1. The third kappa shape index (κ3) is 2.98. The molecule has 1 heterocycles. The Balaban J connectivity index is 2.17. The second kappa shape index (κ2) is 5.48. The van der Waals surface area contributed by atoms with E-state index >= 15 is 0 Å². The summed E-state index contributed by atoms with van der Waals surface area (Å²) in [5, 5.41) is 6.24. The Bertz CT molecular complexity index is 601. The molecular formula is C12H10BrF2N3O. The van der Waals surface area contributed by atoms with Gasteiger partial charge < -0.3 is 5.32 Å². The average Bonchev–Trinajstić information content (AvgIpc) is 2.88. The highest BCUT2D eigenvalue weighted by Crippen LogP contribution is 2.24. The lowest BCUT2D eigenvalue weighted by Gasteiger charge is -2.13. The molecule has 1 N–H and O–H groups in total. The summed E-state index contributed by atoms with van der Waals surface area (Å²) in [7, 11) is 0. The van der Waals surface area contributed by atoms with Gasteiger partial charge in [-0.3, -0.25) is 9.48 Å². The van der Waals surface area contributed by atoms with Gasteiger partial charge in [0.15, 0.2) is 0 Å². The molecule has 0 saturated carbocycles. The Kier molecular flexibility index (Phi) is 3.94. The largest absolute Gasteiger partial charge is 0.322 e. The summed E-state index contributed by atoms with van der Waals surface area (Å²) in [6.07, 6.45) is 3.15. The third-order valence-corrected chi connectivity index (χ3v) is 3.18. The van der Waals surface area contributed by atoms with Crippen LogP contribution >= 0.6 is 15.9 Å². The molecule has 0 saturated heterocycles. The van der Waals surface area contributed by atoms with Gasteiger partial charge in [-0.1, -0.05) is 0 Å². The maximum Gasteiger partial charge on any atom is 0.249 e. The molecule has 0 aliphatic carbocycles. The first-order chi connectivity index (χ1) is 8.99. The fourth-order valence-corrected chi connectivity index (χ4v) is 1.80. The number of nitrogens with zero attached hydrogens (tertiary/aromatic N) is 2. The molecule has 4 nitrogen and oxygen atoms in total. The van der Waals surface area contributed by atoms with Crippen LogP contribution in [0.4, 0.5) is 14.5 Å². The van der Waals surface area contributed by atoms with E-state index in [4.69, 9.17) is 0 Å². The van der Waals surface area contributed by atoms with Gasteiger partial charge in [0, 0.05) is 18.5 Å². The van der Waals surface area contributed by atoms with Crippen molar-refractivity contribution < 1.29 is 13.6 Å². The monoisotopic (exact) mass is 329 g/mol. The van der Waals surface area contributed by atoms with Gasteiger partial charge >= 0.3 is 0 Å². The molecule has 2 rings (SSSR count). The molecule has 1 atom stereocenters. The zero-order chi connectivity index (χ0) is 14.0. The van der Waals surface area contributed by atoms with E-state index in [1.165, 1.54) is 10.9 Å². The number of amides is 1. The van der Waals surface area contributed by atoms with Gasteiger partial charge in [-0.25, -0.2) is 8.78 Å². The number of hydrogen-bond acceptors (Lipinski definition) is 2. The van der Waals surface area contributed by atoms with Gasteiger partial charge in [-0.2, -0.15) is 5.10 Å². The van der Waals surface area contributed by atoms with Crippen molar-refractivity contribution in [3.05, 3.63) is 46.7 Å². The first-order valence-electron chi connectivity index (χ1n) is 5.43. The zero-order valence-corrected chi connectivity index (χ0v) is 11.5. The topological polar surface area (TPSA) is 46.9 Å². The van der Waals surface area contributed by atoms with Gasteiger partial charge in [0.25, 0.3) is 0 Å². The van der Waals surface area contributed by atoms with Gasteiger partial charge in [-0.05, 0) is 35.0 Å². The minimum absolute atomic E-state index is 0.00289. The van der Waals surface area contributed by atoms with Crippen LogP contribution in [0.3, 0.4) is 0 Å². The molecule has 19 heavy (non-hydrogen) atoms. The number of anilines is 1. The SMILES string of the molecule is CC(C(=O)Nc1cc(F)c(Br)cc1F)n1cccn1. The fraction of sp³-hybridized carbons (Fsp3) is 0.167. The van der Waals surface area contributed by atoms with Crippen molar-refractivity contribution in [3.8, 4) is 0 Å². The van der Waals surface area contributed by atoms with Crippen molar-refractivity contribution >= 4 is 27.5 Å². The van der Waals surface area contributed by atoms with E-state index < -0.39 is 23.6 Å². The van der Waals surface area contributed by atoms with Gasteiger partial charge in [-0.15, -0.1) is 0 Å². The van der Waals surface area contributed by atoms with Crippen LogP contribution in [0.1, 0.15) is 13.0 Å². The summed E-state index contributed by atoms with van der Waals surface area (Å²) in [5.41, 5.74) is -0.204. The summed E-state index contributed by atoms with van der Waals surface area (Å²) in [6, 6.07) is 2.93. The molecule has 100 valence electrons. The molecule has 1 amide bonds. The Morgan fingerprint density at radius 3 is 2.79 bits per heavy atom. The molecule has 0 radical (unpaired) electrons. The quantitative estimate of drug-likeness (QED) is 0.879. The molecule has 2 aromatic rings. The van der Waals surface area contributed by atoms with E-state index in [-0.39, 0.29) is 10.2 Å². The lowest BCUT2D eigenvalue weighted by atomic mass is 10.2. The lowest BCUT2D eigenvalue weighted by molar-refractivity contribution is -0.119. The highest BCUT2D eigenvalue weighted by Gasteiger charge is 2.17. The van der Waals surface area contributed by atoms with Crippen molar-refractivity contribution in [2.45, 2.75) is 13.0 Å². The van der Waals surface area contributed by atoms with Crippen molar-refractivity contribution in [1.82, 2.24) is 9.78 Å². The number of aromatic nitrogens is 2. The predicted octanol–water partition coefficient (Wildman–Crippen LogP) is 3.12. The van der Waals surface area contributed by atoms with Crippen LogP contribution in [0.25, 0.3) is 0 Å². The Labute approximate surface area is 116 Å². The number of halogens is 3. The van der Waals surface area contributed by atoms with E-state index in [2.05, 4.69) is 26.3 Å². The molecule has 1 unspecified atom stereocenters. The standard InChI is InChI=1S/C12H10BrF2N3O/c1-7(18-4-2-3-16-18)12(19)17-11-6-9(14)8(13)5-10(11)15/h2-7H,1H3,(H,17,19). The Morgan fingerprint density at radius 2 is 2.16 bits per heavy atom. The van der Waals surface area contributed by atoms with E-state index in [9.17, 15) is 13.6 Å².